The van der Waals surface area contributed by atoms with E-state index < -0.39 is 0 Å². The third-order valence-electron chi connectivity index (χ3n) is 3.82. The second-order valence-corrected chi connectivity index (χ2v) is 5.79. The van der Waals surface area contributed by atoms with Crippen LogP contribution >= 0.6 is 0 Å². The van der Waals surface area contributed by atoms with Gasteiger partial charge in [-0.05, 0) is 52.4 Å². The van der Waals surface area contributed by atoms with Crippen molar-refractivity contribution in [2.75, 3.05) is 19.0 Å². The topological polar surface area (TPSA) is 91.0 Å². The van der Waals surface area contributed by atoms with Gasteiger partial charge in [0, 0.05) is 12.8 Å². The third kappa shape index (κ3) is 4.64. The maximum absolute atomic E-state index is 12.9. The SMILES string of the molecule is COCCn1nnn(-c2ccc(NC(=O)Cc3ccc(F)cc3)cc2)c1=O. The molecule has 1 heterocycles. The fourth-order valence-electron chi connectivity index (χ4n) is 2.43. The largest absolute Gasteiger partial charge is 0.383 e. The smallest absolute Gasteiger partial charge is 0.368 e. The molecule has 0 aliphatic carbocycles. The van der Waals surface area contributed by atoms with Crippen LogP contribution in [0.15, 0.2) is 53.3 Å². The molecule has 0 unspecified atom stereocenters. The van der Waals surface area contributed by atoms with Crippen LogP contribution in [0.4, 0.5) is 10.1 Å². The highest BCUT2D eigenvalue weighted by Crippen LogP contribution is 2.12. The zero-order valence-electron chi connectivity index (χ0n) is 14.6. The summed E-state index contributed by atoms with van der Waals surface area (Å²) in [7, 11) is 1.54. The van der Waals surface area contributed by atoms with Crippen LogP contribution in [0.2, 0.25) is 0 Å². The van der Waals surface area contributed by atoms with Crippen molar-refractivity contribution in [1.29, 1.82) is 0 Å². The number of halogens is 1. The number of nitrogens with one attached hydrogen (secondary N) is 1. The lowest BCUT2D eigenvalue weighted by molar-refractivity contribution is -0.115. The fraction of sp³-hybridized carbons (Fsp3) is 0.222. The molecule has 0 saturated carbocycles. The maximum Gasteiger partial charge on any atom is 0.368 e. The minimum Gasteiger partial charge on any atom is -0.383 e. The molecule has 3 aromatic rings. The summed E-state index contributed by atoms with van der Waals surface area (Å²) < 4.78 is 20.2. The highest BCUT2D eigenvalue weighted by molar-refractivity contribution is 5.92. The lowest BCUT2D eigenvalue weighted by Crippen LogP contribution is -2.25. The van der Waals surface area contributed by atoms with Crippen molar-refractivity contribution < 1.29 is 13.9 Å². The van der Waals surface area contributed by atoms with Crippen molar-refractivity contribution in [2.45, 2.75) is 13.0 Å². The Balaban J connectivity index is 1.65. The van der Waals surface area contributed by atoms with Gasteiger partial charge in [0.05, 0.1) is 25.3 Å². The Labute approximate surface area is 154 Å². The molecule has 1 N–H and O–H groups in total. The van der Waals surface area contributed by atoms with Gasteiger partial charge in [0.25, 0.3) is 0 Å². The quantitative estimate of drug-likeness (QED) is 0.678. The number of methoxy groups -OCH3 is 1. The first-order chi connectivity index (χ1) is 13.1. The minimum atomic E-state index is -0.375. The predicted octanol–water partition coefficient (Wildman–Crippen LogP) is 1.40. The molecule has 0 atom stereocenters. The van der Waals surface area contributed by atoms with Crippen LogP contribution in [0.3, 0.4) is 0 Å². The molecular weight excluding hydrogens is 353 g/mol. The molecule has 0 aliphatic heterocycles. The Morgan fingerprint density at radius 3 is 2.48 bits per heavy atom. The van der Waals surface area contributed by atoms with Gasteiger partial charge in [-0.15, -0.1) is 0 Å². The second-order valence-electron chi connectivity index (χ2n) is 5.79. The van der Waals surface area contributed by atoms with Crippen molar-refractivity contribution in [2.24, 2.45) is 0 Å². The van der Waals surface area contributed by atoms with Crippen molar-refractivity contribution in [1.82, 2.24) is 19.8 Å². The number of carbonyl (C=O) groups excluding carboxylic acids is 1. The van der Waals surface area contributed by atoms with E-state index in [9.17, 15) is 14.0 Å². The molecule has 2 aromatic carbocycles. The Kier molecular flexibility index (Phi) is 5.72. The first-order valence-electron chi connectivity index (χ1n) is 8.23. The van der Waals surface area contributed by atoms with E-state index in [1.54, 1.807) is 43.5 Å². The molecule has 0 fully saturated rings. The minimum absolute atomic E-state index is 0.134. The maximum atomic E-state index is 12.9. The summed E-state index contributed by atoms with van der Waals surface area (Å²) in [6.07, 6.45) is 0.134. The molecule has 0 aliphatic rings. The normalized spacial score (nSPS) is 10.7. The molecule has 3 rings (SSSR count). The van der Waals surface area contributed by atoms with Crippen molar-refractivity contribution in [3.05, 3.63) is 70.4 Å². The Morgan fingerprint density at radius 2 is 1.81 bits per heavy atom. The lowest BCUT2D eigenvalue weighted by Gasteiger charge is -2.06. The highest BCUT2D eigenvalue weighted by atomic mass is 19.1. The van der Waals surface area contributed by atoms with E-state index in [0.29, 0.717) is 30.1 Å². The number of anilines is 1. The number of nitrogens with zero attached hydrogens (tertiary/aromatic N) is 4. The number of amides is 1. The molecule has 1 amide bonds. The van der Waals surface area contributed by atoms with E-state index in [2.05, 4.69) is 15.7 Å². The van der Waals surface area contributed by atoms with Gasteiger partial charge in [-0.1, -0.05) is 12.1 Å². The van der Waals surface area contributed by atoms with Gasteiger partial charge in [0.1, 0.15) is 5.82 Å². The summed E-state index contributed by atoms with van der Waals surface area (Å²) in [5.41, 5.74) is 1.44. The number of rotatable bonds is 7. The van der Waals surface area contributed by atoms with Gasteiger partial charge in [0.15, 0.2) is 0 Å². The number of tetrazole rings is 1. The zero-order valence-corrected chi connectivity index (χ0v) is 14.6. The zero-order chi connectivity index (χ0) is 19.2. The average molecular weight is 371 g/mol. The summed E-state index contributed by atoms with van der Waals surface area (Å²) >= 11 is 0. The summed E-state index contributed by atoms with van der Waals surface area (Å²) in [5.74, 6) is -0.568. The number of hydrogen-bond donors (Lipinski definition) is 1. The van der Waals surface area contributed by atoms with Gasteiger partial charge in [0.2, 0.25) is 5.91 Å². The van der Waals surface area contributed by atoms with Crippen molar-refractivity contribution >= 4 is 11.6 Å². The van der Waals surface area contributed by atoms with Gasteiger partial charge in [-0.25, -0.2) is 9.18 Å². The second kappa shape index (κ2) is 8.37. The van der Waals surface area contributed by atoms with Crippen LogP contribution < -0.4 is 11.0 Å². The van der Waals surface area contributed by atoms with Crippen LogP contribution in [-0.4, -0.2) is 39.4 Å². The van der Waals surface area contributed by atoms with E-state index in [-0.39, 0.29) is 23.8 Å². The Morgan fingerprint density at radius 1 is 1.11 bits per heavy atom. The molecular formula is C18H18FN5O3. The number of aromatic nitrogens is 4. The van der Waals surface area contributed by atoms with Crippen molar-refractivity contribution in [3.8, 4) is 5.69 Å². The number of benzene rings is 2. The van der Waals surface area contributed by atoms with E-state index in [1.807, 2.05) is 0 Å². The van der Waals surface area contributed by atoms with Gasteiger partial charge < -0.3 is 10.1 Å². The number of ether oxygens (including phenoxy) is 1. The summed E-state index contributed by atoms with van der Waals surface area (Å²) in [4.78, 5) is 24.3. The predicted molar refractivity (Wildman–Crippen MR) is 96.2 cm³/mol. The number of hydrogen-bond acceptors (Lipinski definition) is 5. The molecule has 0 spiro atoms. The highest BCUT2D eigenvalue weighted by Gasteiger charge is 2.09. The van der Waals surface area contributed by atoms with Crippen LogP contribution in [-0.2, 0) is 22.5 Å². The Hall–Kier alpha value is -3.33. The standard InChI is InChI=1S/C18H18FN5O3/c1-27-11-10-23-18(26)24(22-21-23)16-8-6-15(7-9-16)20-17(25)12-13-2-4-14(19)5-3-13/h2-9H,10-12H2,1H3,(H,20,25). The van der Waals surface area contributed by atoms with Gasteiger partial charge in [-0.3, -0.25) is 4.79 Å². The molecule has 140 valence electrons. The molecule has 9 heteroatoms. The van der Waals surface area contributed by atoms with E-state index in [0.717, 1.165) is 0 Å². The van der Waals surface area contributed by atoms with E-state index >= 15 is 0 Å². The van der Waals surface area contributed by atoms with Gasteiger partial charge in [-0.2, -0.15) is 9.36 Å². The molecule has 0 radical (unpaired) electrons. The summed E-state index contributed by atoms with van der Waals surface area (Å²) in [6.45, 7) is 0.671. The molecule has 8 nitrogen and oxygen atoms in total. The van der Waals surface area contributed by atoms with Gasteiger partial charge >= 0.3 is 5.69 Å². The van der Waals surface area contributed by atoms with Crippen molar-refractivity contribution in [3.63, 3.8) is 0 Å². The first-order valence-corrected chi connectivity index (χ1v) is 8.23. The average Bonchev–Trinajstić information content (AvgIpc) is 3.03. The third-order valence-corrected chi connectivity index (χ3v) is 3.82. The van der Waals surface area contributed by atoms with E-state index in [4.69, 9.17) is 4.74 Å². The summed E-state index contributed by atoms with van der Waals surface area (Å²) in [5, 5.41) is 10.4. The van der Waals surface area contributed by atoms with Crippen LogP contribution in [0, 0.1) is 5.82 Å². The van der Waals surface area contributed by atoms with Crippen LogP contribution in [0.25, 0.3) is 5.69 Å². The lowest BCUT2D eigenvalue weighted by atomic mass is 10.1. The molecule has 27 heavy (non-hydrogen) atoms. The molecule has 0 saturated heterocycles. The Bertz CT molecular complexity index is 964. The fourth-order valence-corrected chi connectivity index (χ4v) is 2.43. The first kappa shape index (κ1) is 18.5. The van der Waals surface area contributed by atoms with Crippen LogP contribution in [0.5, 0.6) is 0 Å². The van der Waals surface area contributed by atoms with E-state index in [1.165, 1.54) is 21.5 Å². The number of carbonyl (C=O) groups is 1. The summed E-state index contributed by atoms with van der Waals surface area (Å²) in [6, 6.07) is 12.4. The molecule has 0 bridgehead atoms. The molecule has 1 aromatic heterocycles. The monoisotopic (exact) mass is 371 g/mol. The van der Waals surface area contributed by atoms with Crippen LogP contribution in [0.1, 0.15) is 5.56 Å².